The highest BCUT2D eigenvalue weighted by Gasteiger charge is 2.17. The summed E-state index contributed by atoms with van der Waals surface area (Å²) in [5.74, 6) is 0.442. The lowest BCUT2D eigenvalue weighted by Crippen LogP contribution is -2.16. The molecule has 0 bridgehead atoms. The Balaban J connectivity index is 2.08. The summed E-state index contributed by atoms with van der Waals surface area (Å²) < 4.78 is 19.4. The van der Waals surface area contributed by atoms with Crippen molar-refractivity contribution in [1.82, 2.24) is 9.97 Å². The van der Waals surface area contributed by atoms with Crippen LogP contribution in [0.4, 0.5) is 4.39 Å². The Labute approximate surface area is 144 Å². The Morgan fingerprint density at radius 3 is 2.71 bits per heavy atom. The minimum absolute atomic E-state index is 0.183. The summed E-state index contributed by atoms with van der Waals surface area (Å²) in [5.41, 5.74) is 8.36. The van der Waals surface area contributed by atoms with Crippen molar-refractivity contribution in [3.8, 4) is 5.75 Å². The Morgan fingerprint density at radius 1 is 1.21 bits per heavy atom. The van der Waals surface area contributed by atoms with Gasteiger partial charge >= 0.3 is 0 Å². The summed E-state index contributed by atoms with van der Waals surface area (Å²) in [6.45, 7) is 2.21. The molecule has 1 heterocycles. The van der Waals surface area contributed by atoms with Gasteiger partial charge in [0.05, 0.1) is 29.7 Å². The van der Waals surface area contributed by atoms with Crippen molar-refractivity contribution in [3.63, 3.8) is 0 Å². The molecule has 4 nitrogen and oxygen atoms in total. The van der Waals surface area contributed by atoms with E-state index in [1.165, 1.54) is 6.07 Å². The zero-order chi connectivity index (χ0) is 17.1. The fourth-order valence-electron chi connectivity index (χ4n) is 2.59. The van der Waals surface area contributed by atoms with Crippen molar-refractivity contribution in [2.75, 3.05) is 6.61 Å². The van der Waals surface area contributed by atoms with Gasteiger partial charge in [0.1, 0.15) is 5.82 Å². The molecule has 24 heavy (non-hydrogen) atoms. The first kappa shape index (κ1) is 16.6. The number of aromatic nitrogens is 2. The summed E-state index contributed by atoms with van der Waals surface area (Å²) in [4.78, 5) is 8.86. The second-order valence-corrected chi connectivity index (χ2v) is 5.54. The second kappa shape index (κ2) is 7.11. The van der Waals surface area contributed by atoms with Crippen molar-refractivity contribution >= 4 is 22.5 Å². The number of fused-ring (bicyclic) bond motifs is 1. The molecule has 3 rings (SSSR count). The van der Waals surface area contributed by atoms with Crippen LogP contribution < -0.4 is 10.5 Å². The van der Waals surface area contributed by atoms with Crippen LogP contribution in [-0.4, -0.2) is 16.6 Å². The van der Waals surface area contributed by atoms with E-state index in [9.17, 15) is 4.39 Å². The molecule has 0 radical (unpaired) electrons. The Kier molecular flexibility index (Phi) is 4.92. The molecule has 1 unspecified atom stereocenters. The van der Waals surface area contributed by atoms with Gasteiger partial charge in [-0.15, -0.1) is 11.6 Å². The average molecular weight is 346 g/mol. The van der Waals surface area contributed by atoms with Crippen LogP contribution in [0.3, 0.4) is 0 Å². The molecule has 1 aromatic heterocycles. The number of benzene rings is 2. The van der Waals surface area contributed by atoms with Gasteiger partial charge in [0.25, 0.3) is 0 Å². The Hall–Kier alpha value is -2.24. The third-order valence-corrected chi connectivity index (χ3v) is 3.95. The van der Waals surface area contributed by atoms with Gasteiger partial charge in [-0.1, -0.05) is 24.3 Å². The number of hydrogen-bond donors (Lipinski definition) is 1. The topological polar surface area (TPSA) is 61.0 Å². The fraction of sp³-hybridized carbons (Fsp3) is 0.222. The lowest BCUT2D eigenvalue weighted by molar-refractivity contribution is 0.321. The van der Waals surface area contributed by atoms with Gasteiger partial charge in [-0.2, -0.15) is 0 Å². The molecule has 0 amide bonds. The van der Waals surface area contributed by atoms with Crippen LogP contribution in [0.15, 0.2) is 42.5 Å². The third-order valence-electron chi connectivity index (χ3n) is 3.71. The van der Waals surface area contributed by atoms with E-state index in [2.05, 4.69) is 9.97 Å². The van der Waals surface area contributed by atoms with E-state index in [1.807, 2.05) is 24.3 Å². The zero-order valence-electron chi connectivity index (χ0n) is 13.2. The molecule has 0 saturated heterocycles. The predicted molar refractivity (Wildman–Crippen MR) is 92.7 cm³/mol. The monoisotopic (exact) mass is 345 g/mol. The first-order chi connectivity index (χ1) is 11.6. The maximum atomic E-state index is 14.1. The molecule has 3 aromatic rings. The van der Waals surface area contributed by atoms with Crippen LogP contribution in [0, 0.1) is 5.82 Å². The van der Waals surface area contributed by atoms with E-state index in [0.29, 0.717) is 23.7 Å². The van der Waals surface area contributed by atoms with Gasteiger partial charge in [-0.25, -0.2) is 14.4 Å². The lowest BCUT2D eigenvalue weighted by Gasteiger charge is -2.16. The van der Waals surface area contributed by atoms with E-state index in [0.717, 1.165) is 10.9 Å². The smallest absolute Gasteiger partial charge is 0.165 e. The van der Waals surface area contributed by atoms with Crippen LogP contribution in [0.1, 0.15) is 30.0 Å². The maximum absolute atomic E-state index is 14.1. The highest BCUT2D eigenvalue weighted by molar-refractivity contribution is 6.16. The van der Waals surface area contributed by atoms with Crippen molar-refractivity contribution in [2.45, 2.75) is 18.8 Å². The Bertz CT molecular complexity index is 872. The van der Waals surface area contributed by atoms with E-state index in [1.54, 1.807) is 19.1 Å². The van der Waals surface area contributed by atoms with E-state index in [-0.39, 0.29) is 11.6 Å². The van der Waals surface area contributed by atoms with Crippen LogP contribution in [0.25, 0.3) is 10.9 Å². The van der Waals surface area contributed by atoms with Gasteiger partial charge in [-0.05, 0) is 30.7 Å². The summed E-state index contributed by atoms with van der Waals surface area (Å²) in [7, 11) is 0. The van der Waals surface area contributed by atoms with Gasteiger partial charge < -0.3 is 10.5 Å². The molecule has 2 N–H and O–H groups in total. The van der Waals surface area contributed by atoms with Crippen LogP contribution in [-0.2, 0) is 5.88 Å². The summed E-state index contributed by atoms with van der Waals surface area (Å²) in [5, 5.41) is 0.827. The number of alkyl halides is 1. The molecular formula is C18H17ClFN3O. The fourth-order valence-corrected chi connectivity index (χ4v) is 2.71. The standard InChI is InChI=1S/C18H17ClFN3O/c1-2-24-15-8-7-11(9-13(15)20)17(21)18-12-5-3-4-6-14(12)22-16(10-19)23-18/h3-9,17H,2,10,21H2,1H3. The van der Waals surface area contributed by atoms with Gasteiger partial charge in [0.15, 0.2) is 11.6 Å². The molecule has 0 fully saturated rings. The minimum atomic E-state index is -0.593. The van der Waals surface area contributed by atoms with Crippen LogP contribution in [0.2, 0.25) is 0 Å². The first-order valence-electron chi connectivity index (χ1n) is 7.63. The largest absolute Gasteiger partial charge is 0.491 e. The van der Waals surface area contributed by atoms with Gasteiger partial charge in [-0.3, -0.25) is 0 Å². The van der Waals surface area contributed by atoms with Crippen molar-refractivity contribution < 1.29 is 9.13 Å². The molecular weight excluding hydrogens is 329 g/mol. The molecule has 0 aliphatic rings. The number of halogens is 2. The Morgan fingerprint density at radius 2 is 2.00 bits per heavy atom. The molecule has 124 valence electrons. The van der Waals surface area contributed by atoms with Gasteiger partial charge in [0.2, 0.25) is 0 Å². The van der Waals surface area contributed by atoms with Crippen LogP contribution >= 0.6 is 11.6 Å². The number of nitrogens with zero attached hydrogens (tertiary/aromatic N) is 2. The van der Waals surface area contributed by atoms with E-state index >= 15 is 0 Å². The third kappa shape index (κ3) is 3.18. The SMILES string of the molecule is CCOc1ccc(C(N)c2nc(CCl)nc3ccccc23)cc1F. The van der Waals surface area contributed by atoms with Crippen molar-refractivity contribution in [3.05, 3.63) is 65.4 Å². The normalized spacial score (nSPS) is 12.3. The highest BCUT2D eigenvalue weighted by atomic mass is 35.5. The molecule has 0 aliphatic carbocycles. The molecule has 6 heteroatoms. The summed E-state index contributed by atoms with van der Waals surface area (Å²) >= 11 is 5.89. The second-order valence-electron chi connectivity index (χ2n) is 5.28. The predicted octanol–water partition coefficient (Wildman–Crippen LogP) is 3.95. The molecule has 1 atom stereocenters. The van der Waals surface area contributed by atoms with Crippen molar-refractivity contribution in [1.29, 1.82) is 0 Å². The average Bonchev–Trinajstić information content (AvgIpc) is 2.62. The number of para-hydroxylation sites is 1. The number of rotatable bonds is 5. The molecule has 0 aliphatic heterocycles. The lowest BCUT2D eigenvalue weighted by atomic mass is 10.0. The van der Waals surface area contributed by atoms with E-state index < -0.39 is 11.9 Å². The van der Waals surface area contributed by atoms with Gasteiger partial charge in [0, 0.05) is 5.39 Å². The first-order valence-corrected chi connectivity index (χ1v) is 8.16. The maximum Gasteiger partial charge on any atom is 0.165 e. The molecule has 0 saturated carbocycles. The summed E-state index contributed by atoms with van der Waals surface area (Å²) in [6, 6.07) is 11.7. The van der Waals surface area contributed by atoms with Crippen LogP contribution in [0.5, 0.6) is 5.75 Å². The molecule has 2 aromatic carbocycles. The molecule has 0 spiro atoms. The minimum Gasteiger partial charge on any atom is -0.491 e. The number of ether oxygens (including phenoxy) is 1. The number of hydrogen-bond acceptors (Lipinski definition) is 4. The quantitative estimate of drug-likeness (QED) is 0.711. The van der Waals surface area contributed by atoms with E-state index in [4.69, 9.17) is 22.1 Å². The van der Waals surface area contributed by atoms with Crippen molar-refractivity contribution in [2.24, 2.45) is 5.73 Å². The number of nitrogens with two attached hydrogens (primary N) is 1. The highest BCUT2D eigenvalue weighted by Crippen LogP contribution is 2.28. The zero-order valence-corrected chi connectivity index (χ0v) is 13.9. The summed E-state index contributed by atoms with van der Waals surface area (Å²) in [6.07, 6.45) is 0.